The molecule has 2 N–H and O–H groups in total. The van der Waals surface area contributed by atoms with Gasteiger partial charge in [-0.2, -0.15) is 0 Å². The molecule has 0 aliphatic carbocycles. The lowest BCUT2D eigenvalue weighted by molar-refractivity contribution is 0.0587. The third-order valence-electron chi connectivity index (χ3n) is 2.08. The monoisotopic (exact) mass is 181 g/mol. The third kappa shape index (κ3) is 1.42. The molecule has 0 saturated carbocycles. The number of methoxy groups -OCH3 is 1. The molecule has 1 aliphatic rings. The molecule has 1 aromatic heterocycles. The molecule has 0 unspecified atom stereocenters. The van der Waals surface area contributed by atoms with Crippen LogP contribution in [0.1, 0.15) is 22.0 Å². The van der Waals surface area contributed by atoms with E-state index in [9.17, 15) is 4.79 Å². The van der Waals surface area contributed by atoms with E-state index in [-0.39, 0.29) is 0 Å². The molecular formula is C8H11N3O2. The van der Waals surface area contributed by atoms with Crippen molar-refractivity contribution in [3.05, 3.63) is 17.2 Å². The summed E-state index contributed by atoms with van der Waals surface area (Å²) in [5.74, 6) is -0.106. The van der Waals surface area contributed by atoms with Gasteiger partial charge in [-0.1, -0.05) is 0 Å². The first-order valence-electron chi connectivity index (χ1n) is 4.18. The maximum absolute atomic E-state index is 11.1. The predicted molar refractivity (Wildman–Crippen MR) is 45.3 cm³/mol. The van der Waals surface area contributed by atoms with Gasteiger partial charge in [0, 0.05) is 19.5 Å². The molecule has 0 fully saturated rings. The molecule has 0 aromatic carbocycles. The number of carbonyl (C=O) groups is 1. The first-order chi connectivity index (χ1) is 6.31. The minimum absolute atomic E-state index is 0.302. The van der Waals surface area contributed by atoms with Crippen molar-refractivity contribution in [3.63, 3.8) is 0 Å². The van der Waals surface area contributed by atoms with E-state index in [1.54, 1.807) is 0 Å². The van der Waals surface area contributed by atoms with Crippen molar-refractivity contribution in [3.8, 4) is 0 Å². The number of nitrogens with one attached hydrogen (secondary N) is 2. The maximum Gasteiger partial charge on any atom is 0.374 e. The van der Waals surface area contributed by atoms with E-state index in [4.69, 9.17) is 0 Å². The average Bonchev–Trinajstić information content (AvgIpc) is 2.59. The number of H-pyrrole nitrogens is 1. The molecule has 5 heteroatoms. The van der Waals surface area contributed by atoms with Gasteiger partial charge in [-0.3, -0.25) is 0 Å². The van der Waals surface area contributed by atoms with Crippen LogP contribution in [0.3, 0.4) is 0 Å². The summed E-state index contributed by atoms with van der Waals surface area (Å²) in [4.78, 5) is 18.2. The van der Waals surface area contributed by atoms with Crippen molar-refractivity contribution in [1.29, 1.82) is 0 Å². The van der Waals surface area contributed by atoms with Crippen molar-refractivity contribution in [1.82, 2.24) is 15.3 Å². The van der Waals surface area contributed by atoms with Crippen LogP contribution in [0, 0.1) is 0 Å². The van der Waals surface area contributed by atoms with Gasteiger partial charge in [-0.25, -0.2) is 9.78 Å². The smallest absolute Gasteiger partial charge is 0.374 e. The third-order valence-corrected chi connectivity index (χ3v) is 2.08. The van der Waals surface area contributed by atoms with Crippen LogP contribution < -0.4 is 5.32 Å². The summed E-state index contributed by atoms with van der Waals surface area (Å²) in [7, 11) is 1.35. The van der Waals surface area contributed by atoms with E-state index >= 15 is 0 Å². The fourth-order valence-electron chi connectivity index (χ4n) is 1.41. The highest BCUT2D eigenvalue weighted by atomic mass is 16.5. The van der Waals surface area contributed by atoms with Gasteiger partial charge in [-0.15, -0.1) is 0 Å². The van der Waals surface area contributed by atoms with E-state index in [0.29, 0.717) is 5.82 Å². The van der Waals surface area contributed by atoms with Gasteiger partial charge in [0.15, 0.2) is 0 Å². The van der Waals surface area contributed by atoms with Gasteiger partial charge >= 0.3 is 5.97 Å². The van der Waals surface area contributed by atoms with E-state index < -0.39 is 5.97 Å². The predicted octanol–water partition coefficient (Wildman–Crippen LogP) is -0.158. The Hall–Kier alpha value is -1.36. The molecule has 0 bridgehead atoms. The normalized spacial score (nSPS) is 15.2. The maximum atomic E-state index is 11.1. The SMILES string of the molecule is COC(=O)c1nc2c([nH]1)CNCC2. The number of hydrogen-bond acceptors (Lipinski definition) is 4. The van der Waals surface area contributed by atoms with Gasteiger partial charge in [-0.05, 0) is 0 Å². The van der Waals surface area contributed by atoms with Crippen molar-refractivity contribution >= 4 is 5.97 Å². The van der Waals surface area contributed by atoms with Crippen molar-refractivity contribution in [2.24, 2.45) is 0 Å². The summed E-state index contributed by atoms with van der Waals surface area (Å²) in [5.41, 5.74) is 1.96. The van der Waals surface area contributed by atoms with E-state index in [1.165, 1.54) is 7.11 Å². The summed E-state index contributed by atoms with van der Waals surface area (Å²) in [6.07, 6.45) is 0.864. The summed E-state index contributed by atoms with van der Waals surface area (Å²) in [6.45, 7) is 1.66. The van der Waals surface area contributed by atoms with Crippen LogP contribution in [-0.2, 0) is 17.7 Å². The van der Waals surface area contributed by atoms with Gasteiger partial charge in [0.1, 0.15) is 0 Å². The van der Waals surface area contributed by atoms with Crippen LogP contribution in [0.5, 0.6) is 0 Å². The molecule has 5 nitrogen and oxygen atoms in total. The number of carbonyl (C=O) groups excluding carboxylic acids is 1. The molecule has 0 atom stereocenters. The highest BCUT2D eigenvalue weighted by Crippen LogP contribution is 2.10. The zero-order chi connectivity index (χ0) is 9.26. The van der Waals surface area contributed by atoms with E-state index in [1.807, 2.05) is 0 Å². The second-order valence-electron chi connectivity index (χ2n) is 2.93. The average molecular weight is 181 g/mol. The number of rotatable bonds is 1. The Bertz CT molecular complexity index is 309. The number of aromatic nitrogens is 2. The zero-order valence-electron chi connectivity index (χ0n) is 7.39. The Kier molecular flexibility index (Phi) is 2.02. The molecule has 0 amide bonds. The number of nitrogens with zero attached hydrogens (tertiary/aromatic N) is 1. The second-order valence-corrected chi connectivity index (χ2v) is 2.93. The molecule has 1 aromatic rings. The summed E-state index contributed by atoms with van der Waals surface area (Å²) >= 11 is 0. The van der Waals surface area contributed by atoms with Gasteiger partial charge in [0.05, 0.1) is 18.5 Å². The lowest BCUT2D eigenvalue weighted by Crippen LogP contribution is -2.23. The Labute approximate surface area is 75.5 Å². The number of ether oxygens (including phenoxy) is 1. The lowest BCUT2D eigenvalue weighted by Gasteiger charge is -2.09. The minimum Gasteiger partial charge on any atom is -0.463 e. The Morgan fingerprint density at radius 2 is 2.46 bits per heavy atom. The van der Waals surface area contributed by atoms with Crippen LogP contribution in [0.4, 0.5) is 0 Å². The summed E-state index contributed by atoms with van der Waals surface area (Å²) in [6, 6.07) is 0. The van der Waals surface area contributed by atoms with E-state index in [2.05, 4.69) is 20.0 Å². The number of aromatic amines is 1. The van der Waals surface area contributed by atoms with Gasteiger partial charge < -0.3 is 15.0 Å². The molecule has 0 saturated heterocycles. The fraction of sp³-hybridized carbons (Fsp3) is 0.500. The molecular weight excluding hydrogens is 170 g/mol. The first kappa shape index (κ1) is 8.25. The van der Waals surface area contributed by atoms with Crippen LogP contribution >= 0.6 is 0 Å². The first-order valence-corrected chi connectivity index (χ1v) is 4.18. The van der Waals surface area contributed by atoms with Gasteiger partial charge in [0.2, 0.25) is 5.82 Å². The molecule has 0 spiro atoms. The fourth-order valence-corrected chi connectivity index (χ4v) is 1.41. The lowest BCUT2D eigenvalue weighted by atomic mass is 10.2. The van der Waals surface area contributed by atoms with E-state index in [0.717, 1.165) is 30.9 Å². The van der Waals surface area contributed by atoms with Crippen LogP contribution in [-0.4, -0.2) is 29.6 Å². The molecule has 13 heavy (non-hydrogen) atoms. The van der Waals surface area contributed by atoms with Crippen molar-refractivity contribution in [2.45, 2.75) is 13.0 Å². The summed E-state index contributed by atoms with van der Waals surface area (Å²) < 4.78 is 4.56. The Balaban J connectivity index is 2.30. The second kappa shape index (κ2) is 3.18. The molecule has 70 valence electrons. The molecule has 2 heterocycles. The van der Waals surface area contributed by atoms with Crippen LogP contribution in [0.2, 0.25) is 0 Å². The highest BCUT2D eigenvalue weighted by molar-refractivity contribution is 5.85. The van der Waals surface area contributed by atoms with Crippen LogP contribution in [0.25, 0.3) is 0 Å². The quantitative estimate of drug-likeness (QED) is 0.591. The minimum atomic E-state index is -0.408. The molecule has 2 rings (SSSR count). The Morgan fingerprint density at radius 3 is 3.15 bits per heavy atom. The van der Waals surface area contributed by atoms with Crippen molar-refractivity contribution < 1.29 is 9.53 Å². The van der Waals surface area contributed by atoms with Gasteiger partial charge in [0.25, 0.3) is 0 Å². The zero-order valence-corrected chi connectivity index (χ0v) is 7.39. The highest BCUT2D eigenvalue weighted by Gasteiger charge is 2.17. The topological polar surface area (TPSA) is 67.0 Å². The molecule has 0 radical (unpaired) electrons. The standard InChI is InChI=1S/C8H11N3O2/c1-13-8(12)7-10-5-2-3-9-4-6(5)11-7/h9H,2-4H2,1H3,(H,10,11). The number of fused-ring (bicyclic) bond motifs is 1. The summed E-state index contributed by atoms with van der Waals surface area (Å²) in [5, 5.41) is 3.19. The number of imidazole rings is 1. The van der Waals surface area contributed by atoms with Crippen molar-refractivity contribution in [2.75, 3.05) is 13.7 Å². The van der Waals surface area contributed by atoms with Crippen LogP contribution in [0.15, 0.2) is 0 Å². The Morgan fingerprint density at radius 1 is 1.62 bits per heavy atom. The number of hydrogen-bond donors (Lipinski definition) is 2. The largest absolute Gasteiger partial charge is 0.463 e. The number of esters is 1. The molecule has 1 aliphatic heterocycles.